The average molecular weight is 1400 g/mol. The van der Waals surface area contributed by atoms with Gasteiger partial charge in [-0.25, -0.2) is 0 Å². The van der Waals surface area contributed by atoms with Crippen LogP contribution < -0.4 is 88.0 Å². The van der Waals surface area contributed by atoms with Crippen LogP contribution in [-0.4, -0.2) is 202 Å². The SMILES string of the molecule is CCC(C)C1NC(=O)C(CCCN=C(N)N)NC(=O)CCCCCN([C@@H](C)C(=O)N[C@@H](CCCN=C(N)N)C(=O)N[C@@H](CC(C)C)C(=O)N[C@@H](CCC(=O)O)C(=O)N[C@@H](CCC(=O)O)C(=O)N[C@@H](CCCCN)C(=O)N[C@@H](Cc2ccc(O)cc2)C(=O)N[C@@H](CCCCN)C(N)=O)C1=O. The van der Waals surface area contributed by atoms with E-state index in [4.69, 9.17) is 40.1 Å². The van der Waals surface area contributed by atoms with Gasteiger partial charge in [0.15, 0.2) is 11.9 Å². The Bertz CT molecular complexity index is 2890. The first-order chi connectivity index (χ1) is 46.8. The van der Waals surface area contributed by atoms with Crippen LogP contribution in [0.25, 0.3) is 0 Å². The van der Waals surface area contributed by atoms with Crippen molar-refractivity contribution in [3.63, 3.8) is 0 Å². The summed E-state index contributed by atoms with van der Waals surface area (Å²) in [5, 5.41) is 53.1. The van der Waals surface area contributed by atoms with E-state index in [0.717, 1.165) is 0 Å². The number of nitrogens with two attached hydrogens (primary N) is 7. The molecular formula is C64H109N19O16. The number of phenols is 1. The summed E-state index contributed by atoms with van der Waals surface area (Å²) >= 11 is 0. The highest BCUT2D eigenvalue weighted by atomic mass is 16.4. The summed E-state index contributed by atoms with van der Waals surface area (Å²) in [5.41, 5.74) is 39.6. The standard InChI is InChI=1S/C64H109N19O16/c1-6-37(4)52-62(99)83(33-13-7-8-20-49(85)74-42(59(96)82-52)18-14-31-72-63(68)69)38(5)54(91)76-44(19-15-32-73-64(70)71)56(93)80-47(34-36(2)3)60(97)79-46(26-28-51(88)89)58(95)78-45(25-27-50(86)87)57(94)77-43(17-10-12-30-66)55(92)81-48(35-39-21-23-40(84)24-22-39)61(98)75-41(53(67)90)16-9-11-29-65/h21-24,36-38,41-48,52,84H,6-20,25-35,65-66H2,1-5H3,(H2,67,90)(H,74,85)(H,75,98)(H,76,91)(H,77,94)(H,78,95)(H,79,97)(H,80,93)(H,81,92)(H,82,96)(H,86,87)(H,88,89)(H4,68,69,72)(H4,70,71,73)/t37?,38-,41-,42?,43-,44-,45-,46-,47-,48-,52?/m0/s1. The zero-order chi connectivity index (χ0) is 74.3. The van der Waals surface area contributed by atoms with Gasteiger partial charge in [-0.3, -0.25) is 72.3 Å². The third kappa shape index (κ3) is 33.6. The summed E-state index contributed by atoms with van der Waals surface area (Å²) in [6.45, 7) is 9.01. The molecule has 556 valence electrons. The van der Waals surface area contributed by atoms with Crippen LogP contribution in [0.4, 0.5) is 0 Å². The van der Waals surface area contributed by atoms with Crippen molar-refractivity contribution in [3.05, 3.63) is 29.8 Å². The maximum Gasteiger partial charge on any atom is 0.303 e. The summed E-state index contributed by atoms with van der Waals surface area (Å²) in [7, 11) is 0. The van der Waals surface area contributed by atoms with Crippen molar-refractivity contribution < 1.29 is 77.6 Å². The predicted molar refractivity (Wildman–Crippen MR) is 366 cm³/mol. The Kier molecular flexibility index (Phi) is 39.8. The predicted octanol–water partition coefficient (Wildman–Crippen LogP) is -3.24. The number of nitrogens with zero attached hydrogens (tertiary/aromatic N) is 3. The van der Waals surface area contributed by atoms with E-state index in [1.54, 1.807) is 20.8 Å². The molecule has 11 amide bonds. The summed E-state index contributed by atoms with van der Waals surface area (Å²) in [6, 6.07) is -8.50. The van der Waals surface area contributed by atoms with E-state index in [1.807, 2.05) is 6.92 Å². The van der Waals surface area contributed by atoms with Gasteiger partial charge in [-0.05, 0) is 146 Å². The van der Waals surface area contributed by atoms with Crippen LogP contribution in [0.5, 0.6) is 5.75 Å². The Labute approximate surface area is 577 Å². The molecule has 1 saturated heterocycles. The van der Waals surface area contributed by atoms with E-state index < -0.39 is 163 Å². The number of phenolic OH excluding ortho intramolecular Hbond substituents is 1. The number of carboxylic acid groups (broad SMARTS) is 2. The van der Waals surface area contributed by atoms with Crippen molar-refractivity contribution in [3.8, 4) is 5.75 Å². The molecule has 35 heteroatoms. The fourth-order valence-electron chi connectivity index (χ4n) is 10.6. The summed E-state index contributed by atoms with van der Waals surface area (Å²) in [6.07, 6.45) is 0.464. The Balaban J connectivity index is 2.60. The molecule has 0 bridgehead atoms. The van der Waals surface area contributed by atoms with Gasteiger partial charge < -0.3 is 108 Å². The number of carboxylic acids is 2. The number of nitrogens with one attached hydrogen (secondary N) is 9. The molecule has 0 aliphatic carbocycles. The fourth-order valence-corrected chi connectivity index (χ4v) is 10.6. The molecule has 26 N–H and O–H groups in total. The molecular weight excluding hydrogens is 1290 g/mol. The van der Waals surface area contributed by atoms with Gasteiger partial charge in [0.1, 0.15) is 66.2 Å². The number of hydrogen-bond donors (Lipinski definition) is 19. The van der Waals surface area contributed by atoms with Crippen LogP contribution in [-0.2, 0) is 68.7 Å². The van der Waals surface area contributed by atoms with Gasteiger partial charge in [0.2, 0.25) is 65.0 Å². The number of guanidine groups is 2. The number of primary amides is 1. The second-order valence-electron chi connectivity index (χ2n) is 25.2. The summed E-state index contributed by atoms with van der Waals surface area (Å²) < 4.78 is 0. The highest BCUT2D eigenvalue weighted by molar-refractivity contribution is 5.99. The third-order valence-electron chi connectivity index (χ3n) is 16.5. The van der Waals surface area contributed by atoms with E-state index >= 15 is 0 Å². The van der Waals surface area contributed by atoms with Crippen molar-refractivity contribution in [1.29, 1.82) is 0 Å². The first-order valence-corrected chi connectivity index (χ1v) is 33.9. The van der Waals surface area contributed by atoms with Crippen LogP contribution in [0.2, 0.25) is 0 Å². The van der Waals surface area contributed by atoms with Gasteiger partial charge in [0.25, 0.3) is 0 Å². The molecule has 0 radical (unpaired) electrons. The molecule has 1 fully saturated rings. The summed E-state index contributed by atoms with van der Waals surface area (Å²) in [4.78, 5) is 189. The van der Waals surface area contributed by atoms with Gasteiger partial charge in [-0.1, -0.05) is 52.7 Å². The number of rotatable bonds is 44. The zero-order valence-electron chi connectivity index (χ0n) is 57.7. The summed E-state index contributed by atoms with van der Waals surface area (Å²) in [5.74, 6) is -13.5. The minimum Gasteiger partial charge on any atom is -0.508 e. The number of aliphatic carboxylic acids is 2. The molecule has 1 aliphatic rings. The topological polar surface area (TPSA) is 601 Å². The molecule has 99 heavy (non-hydrogen) atoms. The van der Waals surface area contributed by atoms with Crippen LogP contribution in [0, 0.1) is 11.8 Å². The molecule has 35 nitrogen and oxygen atoms in total. The minimum atomic E-state index is -1.79. The van der Waals surface area contributed by atoms with Crippen molar-refractivity contribution in [1.82, 2.24) is 52.8 Å². The number of benzene rings is 1. The number of carbonyl (C=O) groups excluding carboxylic acids is 11. The molecule has 0 aromatic heterocycles. The average Bonchev–Trinajstić information content (AvgIpc) is 1.35. The molecule has 0 saturated carbocycles. The molecule has 1 aliphatic heterocycles. The van der Waals surface area contributed by atoms with Crippen LogP contribution in [0.15, 0.2) is 34.3 Å². The third-order valence-corrected chi connectivity index (χ3v) is 16.5. The number of aromatic hydroxyl groups is 1. The van der Waals surface area contributed by atoms with Gasteiger partial charge in [-0.2, -0.15) is 0 Å². The van der Waals surface area contributed by atoms with E-state index in [9.17, 15) is 77.6 Å². The molecule has 3 unspecified atom stereocenters. The first kappa shape index (κ1) is 85.7. The molecule has 1 heterocycles. The number of amides is 11. The Morgan fingerprint density at radius 2 is 1.00 bits per heavy atom. The molecule has 2 rings (SSSR count). The maximum atomic E-state index is 14.8. The van der Waals surface area contributed by atoms with Gasteiger partial charge in [0, 0.05) is 45.3 Å². The molecule has 11 atom stereocenters. The minimum absolute atomic E-state index is 0.00309. The normalized spacial score (nSPS) is 17.1. The monoisotopic (exact) mass is 1400 g/mol. The van der Waals surface area contributed by atoms with Crippen LogP contribution in [0.3, 0.4) is 0 Å². The lowest BCUT2D eigenvalue weighted by molar-refractivity contribution is -0.145. The largest absolute Gasteiger partial charge is 0.508 e. The van der Waals surface area contributed by atoms with Gasteiger partial charge in [0.05, 0.1) is 0 Å². The maximum absolute atomic E-state index is 14.8. The lowest BCUT2D eigenvalue weighted by Gasteiger charge is -2.35. The van der Waals surface area contributed by atoms with Gasteiger partial charge in [-0.15, -0.1) is 0 Å². The number of carbonyl (C=O) groups is 13. The van der Waals surface area contributed by atoms with Crippen molar-refractivity contribution in [2.75, 3.05) is 32.7 Å². The molecule has 1 aromatic carbocycles. The lowest BCUT2D eigenvalue weighted by atomic mass is 9.96. The molecule has 0 spiro atoms. The van der Waals surface area contributed by atoms with Crippen molar-refractivity contribution >= 4 is 88.8 Å². The van der Waals surface area contributed by atoms with E-state index in [-0.39, 0.29) is 113 Å². The first-order valence-electron chi connectivity index (χ1n) is 33.9. The van der Waals surface area contributed by atoms with E-state index in [2.05, 4.69) is 57.8 Å². The Hall–Kier alpha value is -9.41. The van der Waals surface area contributed by atoms with E-state index in [1.165, 1.54) is 36.1 Å². The molecule has 1 aromatic rings. The van der Waals surface area contributed by atoms with E-state index in [0.29, 0.717) is 63.5 Å². The van der Waals surface area contributed by atoms with Crippen molar-refractivity contribution in [2.24, 2.45) is 62.0 Å². The fraction of sp³-hybridized carbons (Fsp3) is 0.672. The highest BCUT2D eigenvalue weighted by Crippen LogP contribution is 2.19. The Morgan fingerprint density at radius 3 is 1.48 bits per heavy atom. The van der Waals surface area contributed by atoms with Gasteiger partial charge >= 0.3 is 11.9 Å². The number of aliphatic imine (C=N–C) groups is 2. The second-order valence-corrected chi connectivity index (χ2v) is 25.2. The smallest absolute Gasteiger partial charge is 0.303 e. The van der Waals surface area contributed by atoms with Crippen LogP contribution >= 0.6 is 0 Å². The van der Waals surface area contributed by atoms with Crippen LogP contribution in [0.1, 0.15) is 169 Å². The number of unbranched alkanes of at least 4 members (excludes halogenated alkanes) is 2. The number of hydrogen-bond acceptors (Lipinski definition) is 18. The quantitative estimate of drug-likeness (QED) is 0.0173. The van der Waals surface area contributed by atoms with Crippen molar-refractivity contribution in [2.45, 2.75) is 230 Å². The second kappa shape index (κ2) is 46.0. The zero-order valence-corrected chi connectivity index (χ0v) is 57.7. The Morgan fingerprint density at radius 1 is 0.556 bits per heavy atom. The lowest BCUT2D eigenvalue weighted by Crippen LogP contribution is -2.61. The highest BCUT2D eigenvalue weighted by Gasteiger charge is 2.39.